The molecule has 1 N–H and O–H groups in total. The van der Waals surface area contributed by atoms with Gasteiger partial charge in [-0.25, -0.2) is 18.4 Å². The third-order valence-electron chi connectivity index (χ3n) is 5.07. The van der Waals surface area contributed by atoms with Crippen molar-refractivity contribution in [3.8, 4) is 0 Å². The maximum Gasteiger partial charge on any atom is 0.229 e. The Bertz CT molecular complexity index is 1180. The molecule has 0 radical (unpaired) electrons. The van der Waals surface area contributed by atoms with Crippen molar-refractivity contribution in [3.63, 3.8) is 0 Å². The van der Waals surface area contributed by atoms with Gasteiger partial charge in [0.05, 0.1) is 16.8 Å². The van der Waals surface area contributed by atoms with Gasteiger partial charge < -0.3 is 15.1 Å². The highest BCUT2D eigenvalue weighted by Crippen LogP contribution is 2.35. The number of hydrogen-bond acceptors (Lipinski definition) is 8. The average molecular weight is 408 g/mol. The fraction of sp³-hybridized carbons (Fsp3) is 0.250. The van der Waals surface area contributed by atoms with E-state index >= 15 is 0 Å². The lowest BCUT2D eigenvalue weighted by molar-refractivity contribution is 0.602. The third kappa shape index (κ3) is 3.61. The van der Waals surface area contributed by atoms with Crippen LogP contribution in [-0.4, -0.2) is 49.3 Å². The maximum absolute atomic E-state index is 11.8. The third-order valence-corrected chi connectivity index (χ3v) is 6.18. The number of fused-ring (bicyclic) bond motifs is 1. The first-order valence-electron chi connectivity index (χ1n) is 9.39. The molecule has 0 bridgehead atoms. The van der Waals surface area contributed by atoms with Gasteiger partial charge in [0.15, 0.2) is 9.84 Å². The van der Waals surface area contributed by atoms with E-state index in [-0.39, 0.29) is 0 Å². The maximum atomic E-state index is 11.8. The summed E-state index contributed by atoms with van der Waals surface area (Å²) in [5, 5.41) is 3.20. The van der Waals surface area contributed by atoms with Gasteiger partial charge in [-0.15, -0.1) is 0 Å². The number of sulfone groups is 1. The van der Waals surface area contributed by atoms with Gasteiger partial charge in [0.2, 0.25) is 5.95 Å². The molecule has 8 nitrogen and oxygen atoms in total. The summed E-state index contributed by atoms with van der Waals surface area (Å²) >= 11 is 0. The van der Waals surface area contributed by atoms with Crippen LogP contribution in [0, 0.1) is 0 Å². The summed E-state index contributed by atoms with van der Waals surface area (Å²) < 4.78 is 23.6. The minimum atomic E-state index is -3.22. The zero-order valence-corrected chi connectivity index (χ0v) is 16.7. The Hall–Kier alpha value is -3.20. The first-order valence-corrected chi connectivity index (χ1v) is 11.3. The van der Waals surface area contributed by atoms with Crippen molar-refractivity contribution in [3.05, 3.63) is 54.4 Å². The largest absolute Gasteiger partial charge is 0.353 e. The summed E-state index contributed by atoms with van der Waals surface area (Å²) in [6.45, 7) is 2.87. The number of benzene rings is 1. The summed E-state index contributed by atoms with van der Waals surface area (Å²) in [6.07, 6.45) is 5.49. The Morgan fingerprint density at radius 1 is 1.00 bits per heavy atom. The van der Waals surface area contributed by atoms with Gasteiger partial charge in [-0.2, -0.15) is 4.98 Å². The zero-order chi connectivity index (χ0) is 20.0. The number of nitrogens with one attached hydrogen (secondary N) is 1. The van der Waals surface area contributed by atoms with Crippen LogP contribution in [0.4, 0.5) is 29.0 Å². The first-order chi connectivity index (χ1) is 14.0. The van der Waals surface area contributed by atoms with Crippen LogP contribution >= 0.6 is 0 Å². The van der Waals surface area contributed by atoms with Gasteiger partial charge in [0.1, 0.15) is 11.6 Å². The predicted octanol–water partition coefficient (Wildman–Crippen LogP) is 2.53. The quantitative estimate of drug-likeness (QED) is 0.644. The van der Waals surface area contributed by atoms with Crippen LogP contribution in [0.3, 0.4) is 0 Å². The molecule has 1 saturated heterocycles. The van der Waals surface area contributed by atoms with Crippen LogP contribution in [0.2, 0.25) is 0 Å². The van der Waals surface area contributed by atoms with E-state index in [1.807, 2.05) is 24.3 Å². The Morgan fingerprint density at radius 3 is 2.59 bits per heavy atom. The molecule has 29 heavy (non-hydrogen) atoms. The molecule has 0 amide bonds. The molecule has 4 heterocycles. The monoisotopic (exact) mass is 408 g/mol. The van der Waals surface area contributed by atoms with Crippen LogP contribution in [0.5, 0.6) is 0 Å². The normalized spacial score (nSPS) is 15.3. The zero-order valence-electron chi connectivity index (χ0n) is 15.9. The topological polar surface area (TPSA) is 91.1 Å². The lowest BCUT2D eigenvalue weighted by Gasteiger charge is -2.19. The second-order valence-electron chi connectivity index (χ2n) is 7.22. The number of anilines is 5. The molecule has 9 heteroatoms. The minimum Gasteiger partial charge on any atom is -0.353 e. The standard InChI is InChI=1S/C20H20N6O2S/c1-29(27,28)16-3-4-17-14(12-16)7-9-26(17)19-6-8-21-20(24-19)23-15-2-5-18(22-13-15)25-10-11-25/h2-6,8,12-13H,7,9-11H2,1H3,(H,21,23,24). The summed E-state index contributed by atoms with van der Waals surface area (Å²) in [4.78, 5) is 18.0. The van der Waals surface area contributed by atoms with Gasteiger partial charge in [-0.05, 0) is 48.4 Å². The van der Waals surface area contributed by atoms with Gasteiger partial charge in [0.25, 0.3) is 0 Å². The second-order valence-corrected chi connectivity index (χ2v) is 9.24. The van der Waals surface area contributed by atoms with Crippen molar-refractivity contribution >= 4 is 38.8 Å². The molecule has 148 valence electrons. The highest BCUT2D eigenvalue weighted by Gasteiger charge is 2.23. The van der Waals surface area contributed by atoms with Gasteiger partial charge >= 0.3 is 0 Å². The highest BCUT2D eigenvalue weighted by atomic mass is 32.2. The van der Waals surface area contributed by atoms with Gasteiger partial charge in [0, 0.05) is 37.8 Å². The van der Waals surface area contributed by atoms with Crippen molar-refractivity contribution in [1.82, 2.24) is 15.0 Å². The predicted molar refractivity (Wildman–Crippen MR) is 112 cm³/mol. The summed E-state index contributed by atoms with van der Waals surface area (Å²) in [5.41, 5.74) is 2.81. The molecule has 2 aliphatic rings. The first kappa shape index (κ1) is 17.9. The van der Waals surface area contributed by atoms with Crippen molar-refractivity contribution in [2.75, 3.05) is 41.0 Å². The molecule has 5 rings (SSSR count). The molecule has 0 unspecified atom stereocenters. The summed E-state index contributed by atoms with van der Waals surface area (Å²) in [7, 11) is -3.22. The van der Waals surface area contributed by atoms with E-state index in [1.54, 1.807) is 24.5 Å². The van der Waals surface area contributed by atoms with Gasteiger partial charge in [-0.1, -0.05) is 0 Å². The van der Waals surface area contributed by atoms with Crippen molar-refractivity contribution in [2.24, 2.45) is 0 Å². The highest BCUT2D eigenvalue weighted by molar-refractivity contribution is 7.90. The molecule has 0 spiro atoms. The smallest absolute Gasteiger partial charge is 0.229 e. The van der Waals surface area contributed by atoms with E-state index in [0.717, 1.165) is 54.6 Å². The Labute approximate surface area is 169 Å². The Kier molecular flexibility index (Phi) is 4.13. The lowest BCUT2D eigenvalue weighted by Crippen LogP contribution is -2.15. The fourth-order valence-electron chi connectivity index (χ4n) is 3.46. The number of pyridine rings is 1. The van der Waals surface area contributed by atoms with Crippen molar-refractivity contribution < 1.29 is 8.42 Å². The Balaban J connectivity index is 1.38. The molecule has 1 aromatic carbocycles. The second kappa shape index (κ2) is 6.70. The van der Waals surface area contributed by atoms with Crippen LogP contribution < -0.4 is 15.1 Å². The summed E-state index contributed by atoms with van der Waals surface area (Å²) in [5.74, 6) is 2.24. The molecular formula is C20H20N6O2S. The van der Waals surface area contributed by atoms with E-state index in [0.29, 0.717) is 10.8 Å². The summed E-state index contributed by atoms with van der Waals surface area (Å²) in [6, 6.07) is 11.1. The SMILES string of the molecule is CS(=O)(=O)c1ccc2c(c1)CCN2c1ccnc(Nc2ccc(N3CC3)nc2)n1. The number of rotatable bonds is 5. The van der Waals surface area contributed by atoms with Gasteiger partial charge in [-0.3, -0.25) is 0 Å². The molecule has 0 atom stereocenters. The lowest BCUT2D eigenvalue weighted by atomic mass is 10.2. The minimum absolute atomic E-state index is 0.349. The van der Waals surface area contributed by atoms with E-state index < -0.39 is 9.84 Å². The van der Waals surface area contributed by atoms with Crippen molar-refractivity contribution in [1.29, 1.82) is 0 Å². The molecule has 1 fully saturated rings. The number of aromatic nitrogens is 3. The molecule has 3 aromatic rings. The molecular weight excluding hydrogens is 388 g/mol. The molecule has 2 aliphatic heterocycles. The van der Waals surface area contributed by atoms with E-state index in [9.17, 15) is 8.42 Å². The van der Waals surface area contributed by atoms with Crippen LogP contribution in [-0.2, 0) is 16.3 Å². The molecule has 2 aromatic heterocycles. The van der Waals surface area contributed by atoms with E-state index in [2.05, 4.69) is 30.1 Å². The van der Waals surface area contributed by atoms with Crippen LogP contribution in [0.1, 0.15) is 5.56 Å². The number of nitrogens with zero attached hydrogens (tertiary/aromatic N) is 5. The molecule has 0 aliphatic carbocycles. The number of hydrogen-bond donors (Lipinski definition) is 1. The van der Waals surface area contributed by atoms with Crippen molar-refractivity contribution in [2.45, 2.75) is 11.3 Å². The Morgan fingerprint density at radius 2 is 1.86 bits per heavy atom. The van der Waals surface area contributed by atoms with Crippen LogP contribution in [0.15, 0.2) is 53.7 Å². The van der Waals surface area contributed by atoms with Crippen LogP contribution in [0.25, 0.3) is 0 Å². The van der Waals surface area contributed by atoms with E-state index in [4.69, 9.17) is 0 Å². The molecule has 0 saturated carbocycles. The average Bonchev–Trinajstić information content (AvgIpc) is 3.47. The fourth-order valence-corrected chi connectivity index (χ4v) is 4.13. The van der Waals surface area contributed by atoms with E-state index in [1.165, 1.54) is 6.26 Å².